The van der Waals surface area contributed by atoms with Crippen molar-refractivity contribution in [3.05, 3.63) is 131 Å². The molecule has 0 aliphatic heterocycles. The van der Waals surface area contributed by atoms with Crippen molar-refractivity contribution in [1.29, 1.82) is 0 Å². The molecule has 4 aromatic carbocycles. The second-order valence-corrected chi connectivity index (χ2v) is 18.0. The molecule has 1 aliphatic rings. The van der Waals surface area contributed by atoms with Crippen LogP contribution in [-0.4, -0.2) is 36.7 Å². The van der Waals surface area contributed by atoms with E-state index >= 15 is 0 Å². The first-order chi connectivity index (χ1) is 30.0. The molecular formula is C61H100O8. The van der Waals surface area contributed by atoms with Crippen LogP contribution in [0.5, 0.6) is 11.5 Å². The van der Waals surface area contributed by atoms with Crippen molar-refractivity contribution in [1.82, 2.24) is 0 Å². The highest BCUT2D eigenvalue weighted by atomic mass is 16.6. The summed E-state index contributed by atoms with van der Waals surface area (Å²) in [5.41, 5.74) is 3.72. The fourth-order valence-corrected chi connectivity index (χ4v) is 7.04. The summed E-state index contributed by atoms with van der Waals surface area (Å²) in [5, 5.41) is 0. The number of benzene rings is 4. The van der Waals surface area contributed by atoms with Crippen molar-refractivity contribution in [3.63, 3.8) is 0 Å². The Labute approximate surface area is 423 Å². The third-order valence-corrected chi connectivity index (χ3v) is 12.3. The van der Waals surface area contributed by atoms with Gasteiger partial charge in [-0.25, -0.2) is 9.59 Å². The van der Waals surface area contributed by atoms with E-state index in [0.29, 0.717) is 23.5 Å². The Morgan fingerprint density at radius 2 is 0.971 bits per heavy atom. The zero-order chi connectivity index (χ0) is 46.4. The Balaban J connectivity index is -0.000000448. The quantitative estimate of drug-likeness (QED) is 0.0718. The van der Waals surface area contributed by atoms with Crippen LogP contribution in [0.4, 0.5) is 0 Å². The van der Waals surface area contributed by atoms with E-state index in [1.54, 1.807) is 0 Å². The fourth-order valence-electron chi connectivity index (χ4n) is 7.04. The highest BCUT2D eigenvalue weighted by Crippen LogP contribution is 2.35. The molecule has 8 nitrogen and oxygen atoms in total. The third-order valence-electron chi connectivity index (χ3n) is 12.3. The molecule has 1 aliphatic carbocycles. The normalized spacial score (nSPS) is 13.5. The van der Waals surface area contributed by atoms with Gasteiger partial charge in [-0.15, -0.1) is 0 Å². The van der Waals surface area contributed by atoms with Gasteiger partial charge in [0, 0.05) is 0 Å². The van der Waals surface area contributed by atoms with Crippen molar-refractivity contribution in [2.75, 3.05) is 13.2 Å². The molecule has 0 aromatic heterocycles. The van der Waals surface area contributed by atoms with E-state index in [-0.39, 0.29) is 87.9 Å². The first kappa shape index (κ1) is 70.5. The molecule has 0 saturated heterocycles. The van der Waals surface area contributed by atoms with Gasteiger partial charge in [0.1, 0.15) is 29.3 Å². The van der Waals surface area contributed by atoms with Gasteiger partial charge in [-0.05, 0) is 138 Å². The summed E-state index contributed by atoms with van der Waals surface area (Å²) >= 11 is 0. The molecule has 0 heterocycles. The molecule has 4 aromatic rings. The maximum Gasteiger partial charge on any atom is 0.344 e. The number of ether oxygens (including phenoxy) is 5. The average Bonchev–Trinajstić information content (AvgIpc) is 3.31. The summed E-state index contributed by atoms with van der Waals surface area (Å²) in [6.45, 7) is 22.2. The summed E-state index contributed by atoms with van der Waals surface area (Å²) in [6, 6.07) is 35.3. The van der Waals surface area contributed by atoms with Crippen LogP contribution < -0.4 is 9.47 Å². The summed E-state index contributed by atoms with van der Waals surface area (Å²) in [6.07, 6.45) is 8.60. The van der Waals surface area contributed by atoms with E-state index < -0.39 is 11.0 Å². The molecule has 0 bridgehead atoms. The van der Waals surface area contributed by atoms with Gasteiger partial charge in [-0.2, -0.15) is 0 Å². The lowest BCUT2D eigenvalue weighted by atomic mass is 9.79. The number of rotatable bonds is 18. The lowest BCUT2D eigenvalue weighted by Gasteiger charge is -2.36. The first-order valence-electron chi connectivity index (χ1n) is 23.2. The Morgan fingerprint density at radius 1 is 0.522 bits per heavy atom. The predicted molar refractivity (Wildman–Crippen MR) is 294 cm³/mol. The maximum absolute atomic E-state index is 12.2. The largest absolute Gasteiger partial charge is 0.482 e. The van der Waals surface area contributed by atoms with Crippen LogP contribution in [0.15, 0.2) is 109 Å². The Hall–Kier alpha value is -5.11. The maximum atomic E-state index is 12.2. The van der Waals surface area contributed by atoms with Crippen molar-refractivity contribution in [3.8, 4) is 11.5 Å². The summed E-state index contributed by atoms with van der Waals surface area (Å²) in [4.78, 5) is 35.9. The van der Waals surface area contributed by atoms with Crippen molar-refractivity contribution < 1.29 is 38.1 Å². The zero-order valence-electron chi connectivity index (χ0n) is 40.1. The molecule has 392 valence electrons. The van der Waals surface area contributed by atoms with Gasteiger partial charge < -0.3 is 23.7 Å². The van der Waals surface area contributed by atoms with Gasteiger partial charge in [0.25, 0.3) is 0 Å². The second kappa shape index (κ2) is 35.9. The molecule has 1 saturated carbocycles. The Morgan fingerprint density at radius 3 is 1.46 bits per heavy atom. The standard InChI is InChI=1S/C21H32O3.C20H24O3.C14H20O2.6CH4/c1-5-16(2)17-10-9-13-19(14-17)23-15-20(22)24-21(3,4)18-11-7-6-8-12-18;1-4-15(2)17-10-12-19(13-11-17)22-14-20(21)23-16(3)18-8-6-5-7-9-18;1-5-14(3,4)13(15)16-11(2)12-9-7-6-8-10-12;;;;;;/h9-10,13-14,16,18H,5-8,11-12,15H2,1-4H3;5-13,15-16H,4,14H2,1-3H3;6-11H,5H2,1-4H3;6*1H4. The van der Waals surface area contributed by atoms with E-state index in [1.807, 2.05) is 152 Å². The molecule has 4 atom stereocenters. The number of carbonyl (C=O) groups excluding carboxylic acids is 3. The Kier molecular flexibility index (Phi) is 36.7. The summed E-state index contributed by atoms with van der Waals surface area (Å²) in [7, 11) is 0. The SMILES string of the molecule is C.C.C.C.C.C.CCC(C)(C)C(=O)OC(C)c1ccccc1.CCC(C)c1ccc(OCC(=O)OC(C)c2ccccc2)cc1.CCC(C)c1cccc(OCC(=O)OC(C)(C)C2CCCCC2)c1. The molecular weight excluding hydrogens is 861 g/mol. The predicted octanol–water partition coefficient (Wildman–Crippen LogP) is 17.9. The number of carbonyl (C=O) groups is 3. The van der Waals surface area contributed by atoms with Crippen LogP contribution in [0, 0.1) is 11.3 Å². The molecule has 0 spiro atoms. The lowest BCUT2D eigenvalue weighted by molar-refractivity contribution is -0.165. The highest BCUT2D eigenvalue weighted by molar-refractivity contribution is 5.76. The number of esters is 3. The van der Waals surface area contributed by atoms with E-state index in [1.165, 1.54) is 30.4 Å². The average molecular weight is 961 g/mol. The van der Waals surface area contributed by atoms with Crippen LogP contribution in [0.1, 0.15) is 218 Å². The first-order valence-corrected chi connectivity index (χ1v) is 23.2. The van der Waals surface area contributed by atoms with Crippen LogP contribution in [0.2, 0.25) is 0 Å². The van der Waals surface area contributed by atoms with Crippen LogP contribution >= 0.6 is 0 Å². The second-order valence-electron chi connectivity index (χ2n) is 18.0. The molecule has 4 unspecified atom stereocenters. The third kappa shape index (κ3) is 24.8. The van der Waals surface area contributed by atoms with Gasteiger partial charge in [0.05, 0.1) is 5.41 Å². The molecule has 69 heavy (non-hydrogen) atoms. The molecule has 0 amide bonds. The van der Waals surface area contributed by atoms with E-state index in [0.717, 1.165) is 49.0 Å². The van der Waals surface area contributed by atoms with E-state index in [9.17, 15) is 14.4 Å². The number of hydrogen-bond acceptors (Lipinski definition) is 8. The Bertz CT molecular complexity index is 1920. The smallest absolute Gasteiger partial charge is 0.344 e. The molecule has 0 N–H and O–H groups in total. The topological polar surface area (TPSA) is 97.4 Å². The highest BCUT2D eigenvalue weighted by Gasteiger charge is 2.34. The number of hydrogen-bond donors (Lipinski definition) is 0. The minimum Gasteiger partial charge on any atom is -0.482 e. The van der Waals surface area contributed by atoms with Crippen LogP contribution in [-0.2, 0) is 28.6 Å². The minimum absolute atomic E-state index is 0. The van der Waals surface area contributed by atoms with Gasteiger partial charge >= 0.3 is 17.9 Å². The molecule has 8 heteroatoms. The van der Waals surface area contributed by atoms with Crippen molar-refractivity contribution in [2.24, 2.45) is 11.3 Å². The molecule has 1 fully saturated rings. The van der Waals surface area contributed by atoms with Crippen molar-refractivity contribution in [2.45, 2.75) is 202 Å². The van der Waals surface area contributed by atoms with Gasteiger partial charge in [-0.1, -0.05) is 183 Å². The van der Waals surface area contributed by atoms with E-state index in [4.69, 9.17) is 23.7 Å². The van der Waals surface area contributed by atoms with Gasteiger partial charge in [0.15, 0.2) is 13.2 Å². The van der Waals surface area contributed by atoms with E-state index in [2.05, 4.69) is 33.8 Å². The molecule has 0 radical (unpaired) electrons. The van der Waals surface area contributed by atoms with Crippen LogP contribution in [0.3, 0.4) is 0 Å². The monoisotopic (exact) mass is 961 g/mol. The summed E-state index contributed by atoms with van der Waals surface area (Å²) < 4.78 is 27.7. The zero-order valence-corrected chi connectivity index (χ0v) is 40.1. The van der Waals surface area contributed by atoms with Gasteiger partial charge in [-0.3, -0.25) is 4.79 Å². The van der Waals surface area contributed by atoms with Crippen LogP contribution in [0.25, 0.3) is 0 Å². The molecule has 5 rings (SSSR count). The minimum atomic E-state index is -0.403. The fraction of sp³-hybridized carbons (Fsp3) is 0.557. The van der Waals surface area contributed by atoms with Crippen molar-refractivity contribution >= 4 is 17.9 Å². The van der Waals surface area contributed by atoms with Gasteiger partial charge in [0.2, 0.25) is 0 Å². The lowest BCUT2D eigenvalue weighted by Crippen LogP contribution is -2.39. The summed E-state index contributed by atoms with van der Waals surface area (Å²) in [5.74, 6) is 2.12.